The summed E-state index contributed by atoms with van der Waals surface area (Å²) in [7, 11) is 7.17. The van der Waals surface area contributed by atoms with Crippen LogP contribution in [-0.2, 0) is 0 Å². The number of aryl methyl sites for hydroxylation is 1. The minimum absolute atomic E-state index is 0.741. The molecule has 5 nitrogen and oxygen atoms in total. The lowest BCUT2D eigenvalue weighted by Gasteiger charge is -2.16. The van der Waals surface area contributed by atoms with Gasteiger partial charge in [0.15, 0.2) is 0 Å². The van der Waals surface area contributed by atoms with Crippen molar-refractivity contribution in [3.63, 3.8) is 0 Å². The summed E-state index contributed by atoms with van der Waals surface area (Å²) < 4.78 is 10.9. The van der Waals surface area contributed by atoms with Crippen LogP contribution in [0.25, 0.3) is 11.3 Å². The molecular weight excluding hydrogens is 254 g/mol. The first-order valence-corrected chi connectivity index (χ1v) is 6.29. The standard InChI is InChI=1S/C15H19N3O2/c1-10-6-12(19-4)15(13(7-10)20-5)11-8-14(18(2)3)17-9-16-11/h6-9H,1-5H3. The second-order valence-electron chi connectivity index (χ2n) is 4.70. The zero-order valence-electron chi connectivity index (χ0n) is 12.5. The Morgan fingerprint density at radius 2 is 1.55 bits per heavy atom. The van der Waals surface area contributed by atoms with Crippen molar-refractivity contribution in [3.05, 3.63) is 30.1 Å². The zero-order chi connectivity index (χ0) is 14.7. The molecule has 0 amide bonds. The number of benzene rings is 1. The summed E-state index contributed by atoms with van der Waals surface area (Å²) in [6.45, 7) is 2.00. The van der Waals surface area contributed by atoms with E-state index in [-0.39, 0.29) is 0 Å². The highest BCUT2D eigenvalue weighted by molar-refractivity contribution is 5.76. The molecule has 1 heterocycles. The average molecular weight is 273 g/mol. The SMILES string of the molecule is COc1cc(C)cc(OC)c1-c1cc(N(C)C)ncn1. The summed E-state index contributed by atoms with van der Waals surface area (Å²) in [4.78, 5) is 10.5. The molecule has 0 N–H and O–H groups in total. The monoisotopic (exact) mass is 273 g/mol. The molecule has 0 fully saturated rings. The van der Waals surface area contributed by atoms with E-state index in [1.807, 2.05) is 44.1 Å². The Kier molecular flexibility index (Phi) is 4.08. The topological polar surface area (TPSA) is 47.5 Å². The van der Waals surface area contributed by atoms with E-state index in [0.29, 0.717) is 0 Å². The van der Waals surface area contributed by atoms with Crippen LogP contribution in [0.5, 0.6) is 11.5 Å². The molecular formula is C15H19N3O2. The van der Waals surface area contributed by atoms with E-state index in [2.05, 4.69) is 9.97 Å². The molecule has 0 aliphatic heterocycles. The summed E-state index contributed by atoms with van der Waals surface area (Å²) in [6, 6.07) is 5.85. The molecule has 0 aliphatic carbocycles. The summed E-state index contributed by atoms with van der Waals surface area (Å²) in [5, 5.41) is 0. The average Bonchev–Trinajstić information content (AvgIpc) is 2.46. The Morgan fingerprint density at radius 3 is 2.05 bits per heavy atom. The number of rotatable bonds is 4. The number of ether oxygens (including phenoxy) is 2. The quantitative estimate of drug-likeness (QED) is 0.856. The van der Waals surface area contributed by atoms with Crippen molar-refractivity contribution in [2.24, 2.45) is 0 Å². The second-order valence-corrected chi connectivity index (χ2v) is 4.70. The normalized spacial score (nSPS) is 10.2. The number of hydrogen-bond acceptors (Lipinski definition) is 5. The van der Waals surface area contributed by atoms with Gasteiger partial charge in [-0.15, -0.1) is 0 Å². The number of hydrogen-bond donors (Lipinski definition) is 0. The van der Waals surface area contributed by atoms with Crippen LogP contribution in [0.3, 0.4) is 0 Å². The Labute approximate surface area is 119 Å². The van der Waals surface area contributed by atoms with Gasteiger partial charge in [0.1, 0.15) is 23.6 Å². The minimum Gasteiger partial charge on any atom is -0.496 e. The van der Waals surface area contributed by atoms with Gasteiger partial charge in [-0.1, -0.05) is 0 Å². The Bertz CT molecular complexity index is 587. The molecule has 0 saturated carbocycles. The summed E-state index contributed by atoms with van der Waals surface area (Å²) in [6.07, 6.45) is 1.55. The van der Waals surface area contributed by atoms with E-state index in [4.69, 9.17) is 9.47 Å². The van der Waals surface area contributed by atoms with Crippen LogP contribution < -0.4 is 14.4 Å². The summed E-state index contributed by atoms with van der Waals surface area (Å²) >= 11 is 0. The minimum atomic E-state index is 0.741. The molecule has 0 spiro atoms. The molecule has 20 heavy (non-hydrogen) atoms. The first kappa shape index (κ1) is 14.1. The third-order valence-electron chi connectivity index (χ3n) is 3.02. The fourth-order valence-electron chi connectivity index (χ4n) is 2.02. The Morgan fingerprint density at radius 1 is 0.950 bits per heavy atom. The van der Waals surface area contributed by atoms with E-state index < -0.39 is 0 Å². The molecule has 2 rings (SSSR count). The highest BCUT2D eigenvalue weighted by Gasteiger charge is 2.16. The molecule has 2 aromatic rings. The van der Waals surface area contributed by atoms with Gasteiger partial charge in [0.2, 0.25) is 0 Å². The van der Waals surface area contributed by atoms with Crippen LogP contribution in [0.2, 0.25) is 0 Å². The van der Waals surface area contributed by atoms with E-state index in [1.165, 1.54) is 0 Å². The zero-order valence-corrected chi connectivity index (χ0v) is 12.5. The smallest absolute Gasteiger partial charge is 0.132 e. The maximum atomic E-state index is 5.47. The van der Waals surface area contributed by atoms with Crippen molar-refractivity contribution < 1.29 is 9.47 Å². The van der Waals surface area contributed by atoms with E-state index in [1.54, 1.807) is 20.5 Å². The van der Waals surface area contributed by atoms with Crippen molar-refractivity contribution in [1.29, 1.82) is 0 Å². The van der Waals surface area contributed by atoms with Crippen LogP contribution in [0.15, 0.2) is 24.5 Å². The van der Waals surface area contributed by atoms with Crippen LogP contribution >= 0.6 is 0 Å². The van der Waals surface area contributed by atoms with Crippen molar-refractivity contribution in [3.8, 4) is 22.8 Å². The summed E-state index contributed by atoms with van der Waals surface area (Å²) in [5.74, 6) is 2.31. The van der Waals surface area contributed by atoms with Gasteiger partial charge in [-0.2, -0.15) is 0 Å². The van der Waals surface area contributed by atoms with Gasteiger partial charge in [-0.25, -0.2) is 9.97 Å². The first-order chi connectivity index (χ1) is 9.56. The molecule has 0 saturated heterocycles. The third kappa shape index (κ3) is 2.66. The Balaban J connectivity index is 2.64. The van der Waals surface area contributed by atoms with Crippen LogP contribution in [0, 0.1) is 6.92 Å². The van der Waals surface area contributed by atoms with Crippen molar-refractivity contribution in [2.45, 2.75) is 6.92 Å². The highest BCUT2D eigenvalue weighted by atomic mass is 16.5. The molecule has 1 aromatic heterocycles. The maximum absolute atomic E-state index is 5.47. The largest absolute Gasteiger partial charge is 0.496 e. The molecule has 0 radical (unpaired) electrons. The number of aromatic nitrogens is 2. The van der Waals surface area contributed by atoms with Crippen molar-refractivity contribution in [2.75, 3.05) is 33.2 Å². The molecule has 0 aliphatic rings. The van der Waals surface area contributed by atoms with Gasteiger partial charge in [0.05, 0.1) is 25.5 Å². The van der Waals surface area contributed by atoms with Gasteiger partial charge in [-0.3, -0.25) is 0 Å². The van der Waals surface area contributed by atoms with E-state index in [9.17, 15) is 0 Å². The highest BCUT2D eigenvalue weighted by Crippen LogP contribution is 2.38. The van der Waals surface area contributed by atoms with Crippen LogP contribution in [0.4, 0.5) is 5.82 Å². The lowest BCUT2D eigenvalue weighted by Crippen LogP contribution is -2.11. The lowest BCUT2D eigenvalue weighted by molar-refractivity contribution is 0.396. The molecule has 0 unspecified atom stereocenters. The van der Waals surface area contributed by atoms with Crippen molar-refractivity contribution >= 4 is 5.82 Å². The number of methoxy groups -OCH3 is 2. The Hall–Kier alpha value is -2.30. The van der Waals surface area contributed by atoms with Crippen LogP contribution in [0.1, 0.15) is 5.56 Å². The molecule has 106 valence electrons. The molecule has 1 aromatic carbocycles. The molecule has 0 bridgehead atoms. The number of anilines is 1. The van der Waals surface area contributed by atoms with Crippen molar-refractivity contribution in [1.82, 2.24) is 9.97 Å². The van der Waals surface area contributed by atoms with Gasteiger partial charge >= 0.3 is 0 Å². The molecule has 0 atom stereocenters. The predicted molar refractivity (Wildman–Crippen MR) is 79.6 cm³/mol. The van der Waals surface area contributed by atoms with Crippen LogP contribution in [-0.4, -0.2) is 38.3 Å². The van der Waals surface area contributed by atoms with E-state index >= 15 is 0 Å². The lowest BCUT2D eigenvalue weighted by atomic mass is 10.1. The van der Waals surface area contributed by atoms with Gasteiger partial charge in [-0.05, 0) is 24.6 Å². The third-order valence-corrected chi connectivity index (χ3v) is 3.02. The predicted octanol–water partition coefficient (Wildman–Crippen LogP) is 2.54. The molecule has 5 heteroatoms. The fraction of sp³-hybridized carbons (Fsp3) is 0.333. The van der Waals surface area contributed by atoms with Gasteiger partial charge < -0.3 is 14.4 Å². The van der Waals surface area contributed by atoms with E-state index in [0.717, 1.165) is 34.1 Å². The van der Waals surface area contributed by atoms with Gasteiger partial charge in [0.25, 0.3) is 0 Å². The number of nitrogens with zero attached hydrogens (tertiary/aromatic N) is 3. The maximum Gasteiger partial charge on any atom is 0.132 e. The fourth-order valence-corrected chi connectivity index (χ4v) is 2.02. The second kappa shape index (κ2) is 5.77. The summed E-state index contributed by atoms with van der Waals surface area (Å²) in [5.41, 5.74) is 2.69. The van der Waals surface area contributed by atoms with Gasteiger partial charge in [0, 0.05) is 20.2 Å². The first-order valence-electron chi connectivity index (χ1n) is 6.29.